The fourth-order valence-corrected chi connectivity index (χ4v) is 2.04. The van der Waals surface area contributed by atoms with Crippen molar-refractivity contribution >= 4 is 10.9 Å². The standard InChI is InChI=1S/C16H11N3/c1-11-7-8-13-14(9-11)18-16(19-15(13)10-17)12-5-3-2-4-6-12/h2-9H,1H3. The molecule has 0 N–H and O–H groups in total. The van der Waals surface area contributed by atoms with Gasteiger partial charge in [-0.15, -0.1) is 0 Å². The molecule has 3 rings (SSSR count). The molecular weight excluding hydrogens is 234 g/mol. The molecule has 0 aliphatic heterocycles. The summed E-state index contributed by atoms with van der Waals surface area (Å²) in [5.41, 5.74) is 3.27. The average Bonchev–Trinajstić information content (AvgIpc) is 2.46. The first-order valence-electron chi connectivity index (χ1n) is 6.02. The summed E-state index contributed by atoms with van der Waals surface area (Å²) in [7, 11) is 0. The third kappa shape index (κ3) is 2.04. The maximum atomic E-state index is 9.24. The predicted molar refractivity (Wildman–Crippen MR) is 74.4 cm³/mol. The highest BCUT2D eigenvalue weighted by Crippen LogP contribution is 2.21. The first kappa shape index (κ1) is 11.4. The molecule has 2 aromatic carbocycles. The molecule has 0 bridgehead atoms. The number of aromatic nitrogens is 2. The van der Waals surface area contributed by atoms with Crippen LogP contribution in [0.15, 0.2) is 48.5 Å². The van der Waals surface area contributed by atoms with Crippen LogP contribution in [0.25, 0.3) is 22.3 Å². The van der Waals surface area contributed by atoms with Crippen LogP contribution in [0, 0.1) is 18.3 Å². The van der Waals surface area contributed by atoms with Crippen molar-refractivity contribution in [2.45, 2.75) is 6.92 Å². The third-order valence-corrected chi connectivity index (χ3v) is 2.99. The molecule has 3 aromatic rings. The summed E-state index contributed by atoms with van der Waals surface area (Å²) in [6.45, 7) is 2.01. The van der Waals surface area contributed by atoms with Crippen LogP contribution < -0.4 is 0 Å². The summed E-state index contributed by atoms with van der Waals surface area (Å²) < 4.78 is 0. The van der Waals surface area contributed by atoms with Crippen molar-refractivity contribution in [2.75, 3.05) is 0 Å². The maximum Gasteiger partial charge on any atom is 0.161 e. The van der Waals surface area contributed by atoms with Gasteiger partial charge in [0.15, 0.2) is 11.5 Å². The van der Waals surface area contributed by atoms with Crippen LogP contribution in [0.1, 0.15) is 11.3 Å². The molecule has 0 aliphatic carbocycles. The molecule has 1 heterocycles. The monoisotopic (exact) mass is 245 g/mol. The van der Waals surface area contributed by atoms with Gasteiger partial charge in [0, 0.05) is 10.9 Å². The first-order chi connectivity index (χ1) is 9.28. The van der Waals surface area contributed by atoms with Gasteiger partial charge in [0.1, 0.15) is 6.07 Å². The zero-order valence-electron chi connectivity index (χ0n) is 10.5. The zero-order chi connectivity index (χ0) is 13.2. The number of rotatable bonds is 1. The first-order valence-corrected chi connectivity index (χ1v) is 6.02. The van der Waals surface area contributed by atoms with Crippen molar-refractivity contribution in [3.05, 3.63) is 59.8 Å². The number of benzene rings is 2. The molecule has 0 saturated heterocycles. The molecule has 0 radical (unpaired) electrons. The number of hydrogen-bond acceptors (Lipinski definition) is 3. The lowest BCUT2D eigenvalue weighted by atomic mass is 10.1. The van der Waals surface area contributed by atoms with Crippen molar-refractivity contribution in [1.82, 2.24) is 9.97 Å². The van der Waals surface area contributed by atoms with Crippen molar-refractivity contribution in [3.8, 4) is 17.5 Å². The Morgan fingerprint density at radius 2 is 1.79 bits per heavy atom. The Kier molecular flexibility index (Phi) is 2.70. The van der Waals surface area contributed by atoms with Gasteiger partial charge in [0.2, 0.25) is 0 Å². The fourth-order valence-electron chi connectivity index (χ4n) is 2.04. The van der Waals surface area contributed by atoms with Gasteiger partial charge in [-0.2, -0.15) is 5.26 Å². The van der Waals surface area contributed by atoms with Gasteiger partial charge < -0.3 is 0 Å². The van der Waals surface area contributed by atoms with E-state index in [1.54, 1.807) is 0 Å². The largest absolute Gasteiger partial charge is 0.228 e. The van der Waals surface area contributed by atoms with Crippen LogP contribution >= 0.6 is 0 Å². The van der Waals surface area contributed by atoms with Gasteiger partial charge in [-0.05, 0) is 24.6 Å². The molecule has 90 valence electrons. The fraction of sp³-hybridized carbons (Fsp3) is 0.0625. The zero-order valence-corrected chi connectivity index (χ0v) is 10.5. The smallest absolute Gasteiger partial charge is 0.161 e. The number of hydrogen-bond donors (Lipinski definition) is 0. The Labute approximate surface area is 111 Å². The summed E-state index contributed by atoms with van der Waals surface area (Å²) >= 11 is 0. The van der Waals surface area contributed by atoms with E-state index in [-0.39, 0.29) is 0 Å². The Morgan fingerprint density at radius 1 is 1.00 bits per heavy atom. The van der Waals surface area contributed by atoms with Gasteiger partial charge in [-0.1, -0.05) is 36.4 Å². The molecular formula is C16H11N3. The van der Waals surface area contributed by atoms with E-state index in [9.17, 15) is 5.26 Å². The van der Waals surface area contributed by atoms with Crippen LogP contribution in [0.4, 0.5) is 0 Å². The predicted octanol–water partition coefficient (Wildman–Crippen LogP) is 3.48. The van der Waals surface area contributed by atoms with Gasteiger partial charge >= 0.3 is 0 Å². The van der Waals surface area contributed by atoms with Crippen molar-refractivity contribution < 1.29 is 0 Å². The Balaban J connectivity index is 2.31. The second-order valence-electron chi connectivity index (χ2n) is 4.39. The number of fused-ring (bicyclic) bond motifs is 1. The highest BCUT2D eigenvalue weighted by Gasteiger charge is 2.08. The molecule has 3 nitrogen and oxygen atoms in total. The second-order valence-corrected chi connectivity index (χ2v) is 4.39. The van der Waals surface area contributed by atoms with E-state index >= 15 is 0 Å². The molecule has 3 heteroatoms. The van der Waals surface area contributed by atoms with E-state index in [2.05, 4.69) is 16.0 Å². The maximum absolute atomic E-state index is 9.24. The van der Waals surface area contributed by atoms with Gasteiger partial charge in [-0.25, -0.2) is 9.97 Å². The van der Waals surface area contributed by atoms with Crippen LogP contribution in [0.2, 0.25) is 0 Å². The normalized spacial score (nSPS) is 10.3. The lowest BCUT2D eigenvalue weighted by Gasteiger charge is -2.05. The van der Waals surface area contributed by atoms with Gasteiger partial charge in [0.05, 0.1) is 5.52 Å². The minimum atomic E-state index is 0.420. The summed E-state index contributed by atoms with van der Waals surface area (Å²) in [6.07, 6.45) is 0. The second kappa shape index (κ2) is 4.51. The Bertz CT molecular complexity index is 786. The number of aryl methyl sites for hydroxylation is 1. The van der Waals surface area contributed by atoms with E-state index in [0.717, 1.165) is 22.0 Å². The van der Waals surface area contributed by atoms with E-state index < -0.39 is 0 Å². The van der Waals surface area contributed by atoms with E-state index in [4.69, 9.17) is 0 Å². The summed E-state index contributed by atoms with van der Waals surface area (Å²) in [4.78, 5) is 8.90. The Hall–Kier alpha value is -2.73. The summed E-state index contributed by atoms with van der Waals surface area (Å²) in [6, 6.07) is 17.7. The average molecular weight is 245 g/mol. The highest BCUT2D eigenvalue weighted by molar-refractivity contribution is 5.85. The van der Waals surface area contributed by atoms with Crippen LogP contribution in [0.3, 0.4) is 0 Å². The van der Waals surface area contributed by atoms with Gasteiger partial charge in [-0.3, -0.25) is 0 Å². The minimum absolute atomic E-state index is 0.420. The van der Waals surface area contributed by atoms with E-state index in [0.29, 0.717) is 11.5 Å². The molecule has 0 saturated carbocycles. The van der Waals surface area contributed by atoms with Crippen LogP contribution in [-0.2, 0) is 0 Å². The third-order valence-electron chi connectivity index (χ3n) is 2.99. The Morgan fingerprint density at radius 3 is 2.53 bits per heavy atom. The van der Waals surface area contributed by atoms with Gasteiger partial charge in [0.25, 0.3) is 0 Å². The molecule has 0 spiro atoms. The SMILES string of the molecule is Cc1ccc2c(C#N)nc(-c3ccccc3)nc2c1. The van der Waals surface area contributed by atoms with Crippen molar-refractivity contribution in [2.24, 2.45) is 0 Å². The van der Waals surface area contributed by atoms with Crippen molar-refractivity contribution in [1.29, 1.82) is 5.26 Å². The molecule has 1 aromatic heterocycles. The highest BCUT2D eigenvalue weighted by atomic mass is 14.9. The van der Waals surface area contributed by atoms with Crippen LogP contribution in [0.5, 0.6) is 0 Å². The topological polar surface area (TPSA) is 49.6 Å². The van der Waals surface area contributed by atoms with Crippen LogP contribution in [-0.4, -0.2) is 9.97 Å². The molecule has 19 heavy (non-hydrogen) atoms. The lowest BCUT2D eigenvalue weighted by Crippen LogP contribution is -1.95. The molecule has 0 unspecified atom stereocenters. The molecule has 0 amide bonds. The number of nitrogens with zero attached hydrogens (tertiary/aromatic N) is 3. The molecule has 0 fully saturated rings. The van der Waals surface area contributed by atoms with E-state index in [1.807, 2.05) is 55.5 Å². The van der Waals surface area contributed by atoms with E-state index in [1.165, 1.54) is 0 Å². The summed E-state index contributed by atoms with van der Waals surface area (Å²) in [5, 5.41) is 10.0. The minimum Gasteiger partial charge on any atom is -0.228 e. The lowest BCUT2D eigenvalue weighted by molar-refractivity contribution is 1.19. The van der Waals surface area contributed by atoms with Crippen molar-refractivity contribution in [3.63, 3.8) is 0 Å². The molecule has 0 aliphatic rings. The quantitative estimate of drug-likeness (QED) is 0.659. The summed E-state index contributed by atoms with van der Waals surface area (Å²) in [5.74, 6) is 0.593. The number of nitriles is 1. The molecule has 0 atom stereocenters.